The lowest BCUT2D eigenvalue weighted by Gasteiger charge is -2.49. The van der Waals surface area contributed by atoms with Crippen molar-refractivity contribution in [3.63, 3.8) is 0 Å². The molecule has 8 rings (SSSR count). The zero-order chi connectivity index (χ0) is 50.9. The monoisotopic (exact) mass is 980 g/mol. The molecular formula is C63H68N2O8. The van der Waals surface area contributed by atoms with Gasteiger partial charge in [0.15, 0.2) is 11.7 Å². The third kappa shape index (κ3) is 13.5. The van der Waals surface area contributed by atoms with Crippen LogP contribution in [0.25, 0.3) is 0 Å². The molecule has 1 N–H and O–H groups in total. The van der Waals surface area contributed by atoms with E-state index in [0.717, 1.165) is 38.9 Å². The molecule has 0 aliphatic carbocycles. The van der Waals surface area contributed by atoms with Gasteiger partial charge in [0.05, 0.1) is 44.0 Å². The number of carbonyl (C=O) groups excluding carboxylic acids is 2. The largest absolute Gasteiger partial charge is 0.462 e. The van der Waals surface area contributed by atoms with Crippen molar-refractivity contribution in [2.45, 2.75) is 76.7 Å². The average molecular weight is 981 g/mol. The van der Waals surface area contributed by atoms with Gasteiger partial charge in [-0.1, -0.05) is 212 Å². The van der Waals surface area contributed by atoms with Crippen LogP contribution in [0.3, 0.4) is 0 Å². The molecular weight excluding hydrogens is 913 g/mol. The minimum atomic E-state index is -2.08. The third-order valence-electron chi connectivity index (χ3n) is 13.4. The Morgan fingerprint density at radius 3 is 1.26 bits per heavy atom. The van der Waals surface area contributed by atoms with Crippen molar-refractivity contribution >= 4 is 11.9 Å². The van der Waals surface area contributed by atoms with Crippen LogP contribution in [0, 0.1) is 5.41 Å². The first-order chi connectivity index (χ1) is 35.5. The zero-order valence-corrected chi connectivity index (χ0v) is 42.2. The summed E-state index contributed by atoms with van der Waals surface area (Å²) in [7, 11) is 0. The molecule has 73 heavy (non-hydrogen) atoms. The van der Waals surface area contributed by atoms with Crippen LogP contribution in [0.2, 0.25) is 0 Å². The molecule has 0 bridgehead atoms. The zero-order valence-electron chi connectivity index (χ0n) is 42.2. The maximum atomic E-state index is 15.9. The van der Waals surface area contributed by atoms with E-state index in [1.807, 2.05) is 144 Å². The van der Waals surface area contributed by atoms with Gasteiger partial charge >= 0.3 is 5.97 Å². The van der Waals surface area contributed by atoms with Gasteiger partial charge < -0.3 is 33.7 Å². The molecule has 10 heteroatoms. The minimum Gasteiger partial charge on any atom is -0.462 e. The molecule has 1 aliphatic heterocycles. The van der Waals surface area contributed by atoms with Crippen molar-refractivity contribution in [3.05, 3.63) is 251 Å². The molecule has 1 fully saturated rings. The number of amides is 1. The van der Waals surface area contributed by atoms with Crippen LogP contribution in [-0.2, 0) is 65.2 Å². The fourth-order valence-electron chi connectivity index (χ4n) is 9.54. The highest BCUT2D eigenvalue weighted by Gasteiger charge is 2.52. The maximum absolute atomic E-state index is 15.9. The molecule has 4 atom stereocenters. The van der Waals surface area contributed by atoms with Gasteiger partial charge in [0, 0.05) is 26.2 Å². The van der Waals surface area contributed by atoms with Gasteiger partial charge in [-0.25, -0.2) is 0 Å². The van der Waals surface area contributed by atoms with E-state index < -0.39 is 47.4 Å². The number of piperazine rings is 1. The Morgan fingerprint density at radius 2 is 0.849 bits per heavy atom. The molecule has 10 nitrogen and oxygen atoms in total. The second-order valence-corrected chi connectivity index (χ2v) is 19.7. The molecule has 1 aliphatic rings. The lowest BCUT2D eigenvalue weighted by Crippen LogP contribution is -2.64. The van der Waals surface area contributed by atoms with Gasteiger partial charge in [-0.05, 0) is 59.7 Å². The van der Waals surface area contributed by atoms with E-state index in [-0.39, 0.29) is 38.9 Å². The summed E-state index contributed by atoms with van der Waals surface area (Å²) in [5, 5.41) is 13.4. The number of ether oxygens (including phenoxy) is 5. The molecule has 7 aromatic rings. The van der Waals surface area contributed by atoms with Gasteiger partial charge in [-0.2, -0.15) is 0 Å². The molecule has 0 saturated carbocycles. The van der Waals surface area contributed by atoms with Crippen LogP contribution in [-0.4, -0.2) is 90.1 Å². The molecule has 1 heterocycles. The van der Waals surface area contributed by atoms with Crippen LogP contribution in [0.4, 0.5) is 0 Å². The van der Waals surface area contributed by atoms with E-state index in [2.05, 4.69) is 77.7 Å². The summed E-state index contributed by atoms with van der Waals surface area (Å²) in [5.41, 5.74) is 3.06. The molecule has 0 unspecified atom stereocenters. The van der Waals surface area contributed by atoms with E-state index in [4.69, 9.17) is 23.7 Å². The molecule has 378 valence electrons. The van der Waals surface area contributed by atoms with Gasteiger partial charge in [0.1, 0.15) is 18.8 Å². The SMILES string of the molecule is CC(C)(C)C(=O)OC[C@](O)(COCc1ccccc1)[C@@H](OCc1ccccc1)[C@H](OCc1ccccc1)[C@@H](OCc1ccccc1)C(=O)N1CCN(C(c2ccccc2)(c2ccccc2)c2ccccc2)CC1. The Labute approximate surface area is 431 Å². The number of aliphatic hydroxyl groups is 1. The van der Waals surface area contributed by atoms with Crippen molar-refractivity contribution < 1.29 is 38.4 Å². The van der Waals surface area contributed by atoms with Crippen molar-refractivity contribution in [1.82, 2.24) is 9.80 Å². The summed E-state index contributed by atoms with van der Waals surface area (Å²) in [4.78, 5) is 33.8. The van der Waals surface area contributed by atoms with Crippen molar-refractivity contribution in [2.75, 3.05) is 39.4 Å². The fourth-order valence-corrected chi connectivity index (χ4v) is 9.54. The Hall–Kier alpha value is -6.76. The second-order valence-electron chi connectivity index (χ2n) is 19.7. The highest BCUT2D eigenvalue weighted by Crippen LogP contribution is 2.43. The van der Waals surface area contributed by atoms with Crippen LogP contribution in [0.15, 0.2) is 212 Å². The summed E-state index contributed by atoms with van der Waals surface area (Å²) in [6.07, 6.45) is -3.99. The first kappa shape index (κ1) is 52.6. The number of rotatable bonds is 23. The number of benzene rings is 7. The smallest absolute Gasteiger partial charge is 0.311 e. The first-order valence-corrected chi connectivity index (χ1v) is 25.2. The van der Waals surface area contributed by atoms with Gasteiger partial charge in [0.25, 0.3) is 5.91 Å². The topological polar surface area (TPSA) is 107 Å². The number of esters is 1. The first-order valence-electron chi connectivity index (χ1n) is 25.2. The number of hydrogen-bond acceptors (Lipinski definition) is 9. The van der Waals surface area contributed by atoms with E-state index >= 15 is 4.79 Å². The van der Waals surface area contributed by atoms with E-state index in [9.17, 15) is 9.90 Å². The fraction of sp³-hybridized carbons (Fsp3) is 0.302. The van der Waals surface area contributed by atoms with E-state index in [1.165, 1.54) is 0 Å². The molecule has 1 amide bonds. The number of hydrogen-bond donors (Lipinski definition) is 1. The quantitative estimate of drug-likeness (QED) is 0.0495. The van der Waals surface area contributed by atoms with Gasteiger partial charge in [-0.3, -0.25) is 14.5 Å². The predicted octanol–water partition coefficient (Wildman–Crippen LogP) is 10.4. The third-order valence-corrected chi connectivity index (χ3v) is 13.4. The van der Waals surface area contributed by atoms with Gasteiger partial charge in [0.2, 0.25) is 0 Å². The van der Waals surface area contributed by atoms with Gasteiger partial charge in [-0.15, -0.1) is 0 Å². The van der Waals surface area contributed by atoms with Crippen molar-refractivity contribution in [2.24, 2.45) is 5.41 Å². The van der Waals surface area contributed by atoms with Crippen LogP contribution < -0.4 is 0 Å². The molecule has 7 aromatic carbocycles. The standard InChI is InChI=1S/C63H68N2O8/c1-61(2,3)60(67)73-48-62(68,47-69-43-49-25-11-4-12-26-49)58(72-46-52-31-17-7-18-32-52)56(70-44-50-27-13-5-14-28-50)57(71-45-51-29-15-6-16-30-51)59(66)64-39-41-65(42-40-64)63(53-33-19-8-20-34-53,54-35-21-9-22-36-54)55-37-23-10-24-38-55/h4-38,56-58,68H,39-48H2,1-3H3/t56-,57-,58+,62-/m1/s1. The molecule has 1 saturated heterocycles. The highest BCUT2D eigenvalue weighted by atomic mass is 16.6. The second kappa shape index (κ2) is 25.3. The summed E-state index contributed by atoms with van der Waals surface area (Å²) < 4.78 is 33.2. The number of nitrogens with zero attached hydrogens (tertiary/aromatic N) is 2. The highest BCUT2D eigenvalue weighted by molar-refractivity contribution is 5.82. The Morgan fingerprint density at radius 1 is 0.479 bits per heavy atom. The average Bonchev–Trinajstić information content (AvgIpc) is 3.43. The lowest BCUT2D eigenvalue weighted by molar-refractivity contribution is -0.237. The summed E-state index contributed by atoms with van der Waals surface area (Å²) in [6, 6.07) is 70.2. The predicted molar refractivity (Wildman–Crippen MR) is 284 cm³/mol. The molecule has 0 spiro atoms. The molecule has 0 aromatic heterocycles. The maximum Gasteiger partial charge on any atom is 0.311 e. The normalized spacial score (nSPS) is 15.4. The van der Waals surface area contributed by atoms with Crippen LogP contribution in [0.5, 0.6) is 0 Å². The minimum absolute atomic E-state index is 0.0176. The summed E-state index contributed by atoms with van der Waals surface area (Å²) in [5.74, 6) is -0.855. The Bertz CT molecular complexity index is 2620. The van der Waals surface area contributed by atoms with Crippen LogP contribution in [0.1, 0.15) is 59.7 Å². The summed E-state index contributed by atoms with van der Waals surface area (Å²) >= 11 is 0. The Balaban J connectivity index is 1.20. The van der Waals surface area contributed by atoms with Crippen molar-refractivity contribution in [1.29, 1.82) is 0 Å². The lowest BCUT2D eigenvalue weighted by atomic mass is 9.75. The Kier molecular flexibility index (Phi) is 18.2. The van der Waals surface area contributed by atoms with Crippen molar-refractivity contribution in [3.8, 4) is 0 Å². The number of carbonyl (C=O) groups is 2. The van der Waals surface area contributed by atoms with E-state index in [1.54, 1.807) is 20.8 Å². The van der Waals surface area contributed by atoms with Crippen LogP contribution >= 0.6 is 0 Å². The van der Waals surface area contributed by atoms with E-state index in [0.29, 0.717) is 26.2 Å². The summed E-state index contributed by atoms with van der Waals surface area (Å²) in [6.45, 7) is 6.38. The molecule has 0 radical (unpaired) electrons.